The number of hydrogen-bond donors (Lipinski definition) is 1. The van der Waals surface area contributed by atoms with Gasteiger partial charge in [0.1, 0.15) is 5.75 Å². The van der Waals surface area contributed by atoms with E-state index >= 15 is 0 Å². The van der Waals surface area contributed by atoms with Crippen LogP contribution in [0.25, 0.3) is 10.9 Å². The van der Waals surface area contributed by atoms with Crippen molar-refractivity contribution in [3.05, 3.63) is 40.1 Å². The summed E-state index contributed by atoms with van der Waals surface area (Å²) in [6, 6.07) is 6.49. The lowest BCUT2D eigenvalue weighted by molar-refractivity contribution is -0.384. The standard InChI is InChI=1S/C15H17N3O3/c1-9-4-15(21-12-5-10(6-12)8-16)13-7-11(18(19)20)2-3-14(13)17-9/h2-4,7,10,12H,5-6,8,16H2,1H3. The number of nitro groups is 1. The van der Waals surface area contributed by atoms with Crippen molar-refractivity contribution in [2.45, 2.75) is 25.9 Å². The van der Waals surface area contributed by atoms with Gasteiger partial charge in [0, 0.05) is 29.3 Å². The van der Waals surface area contributed by atoms with E-state index in [1.807, 2.05) is 13.0 Å². The molecule has 0 atom stereocenters. The average molecular weight is 287 g/mol. The van der Waals surface area contributed by atoms with E-state index in [-0.39, 0.29) is 11.8 Å². The predicted octanol–water partition coefficient (Wildman–Crippen LogP) is 2.57. The van der Waals surface area contributed by atoms with E-state index in [1.165, 1.54) is 12.1 Å². The van der Waals surface area contributed by atoms with Crippen LogP contribution in [0.4, 0.5) is 5.69 Å². The molecule has 0 saturated heterocycles. The highest BCUT2D eigenvalue weighted by molar-refractivity contribution is 5.87. The molecule has 1 aliphatic rings. The maximum atomic E-state index is 10.9. The van der Waals surface area contributed by atoms with Gasteiger partial charge in [0.2, 0.25) is 0 Å². The van der Waals surface area contributed by atoms with Crippen LogP contribution >= 0.6 is 0 Å². The normalized spacial score (nSPS) is 21.0. The van der Waals surface area contributed by atoms with Gasteiger partial charge in [-0.2, -0.15) is 0 Å². The molecule has 1 aromatic heterocycles. The number of fused-ring (bicyclic) bond motifs is 1. The summed E-state index contributed by atoms with van der Waals surface area (Å²) in [4.78, 5) is 14.9. The third kappa shape index (κ3) is 2.67. The first-order valence-electron chi connectivity index (χ1n) is 6.99. The minimum Gasteiger partial charge on any atom is -0.490 e. The van der Waals surface area contributed by atoms with Crippen molar-refractivity contribution >= 4 is 16.6 Å². The second-order valence-corrected chi connectivity index (χ2v) is 5.53. The molecule has 1 aromatic carbocycles. The van der Waals surface area contributed by atoms with Gasteiger partial charge >= 0.3 is 0 Å². The molecule has 0 amide bonds. The van der Waals surface area contributed by atoms with E-state index < -0.39 is 4.92 Å². The van der Waals surface area contributed by atoms with Gasteiger partial charge in [0.05, 0.1) is 16.5 Å². The third-order valence-corrected chi connectivity index (χ3v) is 3.91. The first-order chi connectivity index (χ1) is 10.1. The highest BCUT2D eigenvalue weighted by atomic mass is 16.6. The van der Waals surface area contributed by atoms with Gasteiger partial charge in [-0.05, 0) is 38.3 Å². The molecule has 0 spiro atoms. The Labute approximate surface area is 122 Å². The minimum absolute atomic E-state index is 0.0476. The monoisotopic (exact) mass is 287 g/mol. The van der Waals surface area contributed by atoms with Gasteiger partial charge in [-0.15, -0.1) is 0 Å². The highest BCUT2D eigenvalue weighted by Crippen LogP contribution is 2.35. The first-order valence-corrected chi connectivity index (χ1v) is 6.99. The van der Waals surface area contributed by atoms with E-state index in [1.54, 1.807) is 6.07 Å². The first kappa shape index (κ1) is 13.8. The smallest absolute Gasteiger partial charge is 0.270 e. The van der Waals surface area contributed by atoms with Crippen molar-refractivity contribution in [3.8, 4) is 5.75 Å². The number of aryl methyl sites for hydroxylation is 1. The molecule has 0 bridgehead atoms. The van der Waals surface area contributed by atoms with Crippen LogP contribution in [0.3, 0.4) is 0 Å². The Bertz CT molecular complexity index is 696. The molecular formula is C15H17N3O3. The van der Waals surface area contributed by atoms with Gasteiger partial charge < -0.3 is 10.5 Å². The van der Waals surface area contributed by atoms with Crippen molar-refractivity contribution in [2.24, 2.45) is 11.7 Å². The third-order valence-electron chi connectivity index (χ3n) is 3.91. The van der Waals surface area contributed by atoms with Gasteiger partial charge in [-0.25, -0.2) is 0 Å². The fourth-order valence-corrected chi connectivity index (χ4v) is 2.66. The highest BCUT2D eigenvalue weighted by Gasteiger charge is 2.30. The zero-order chi connectivity index (χ0) is 15.0. The summed E-state index contributed by atoms with van der Waals surface area (Å²) in [5, 5.41) is 11.6. The summed E-state index contributed by atoms with van der Waals surface area (Å²) in [5.41, 5.74) is 7.21. The maximum absolute atomic E-state index is 10.9. The second-order valence-electron chi connectivity index (χ2n) is 5.53. The number of hydrogen-bond acceptors (Lipinski definition) is 5. The van der Waals surface area contributed by atoms with Crippen LogP contribution in [0.15, 0.2) is 24.3 Å². The second kappa shape index (κ2) is 5.29. The Hall–Kier alpha value is -2.21. The fourth-order valence-electron chi connectivity index (χ4n) is 2.66. The lowest BCUT2D eigenvalue weighted by atomic mass is 9.82. The molecule has 110 valence electrons. The molecule has 1 fully saturated rings. The average Bonchev–Trinajstić information content (AvgIpc) is 2.41. The summed E-state index contributed by atoms with van der Waals surface area (Å²) >= 11 is 0. The summed E-state index contributed by atoms with van der Waals surface area (Å²) in [5.74, 6) is 1.19. The van der Waals surface area contributed by atoms with Crippen molar-refractivity contribution < 1.29 is 9.66 Å². The lowest BCUT2D eigenvalue weighted by Crippen LogP contribution is -2.37. The topological polar surface area (TPSA) is 91.3 Å². The summed E-state index contributed by atoms with van der Waals surface area (Å²) < 4.78 is 5.99. The van der Waals surface area contributed by atoms with Crippen molar-refractivity contribution in [3.63, 3.8) is 0 Å². The molecule has 3 rings (SSSR count). The number of nitrogens with two attached hydrogens (primary N) is 1. The number of non-ortho nitro benzene ring substituents is 1. The fraction of sp³-hybridized carbons (Fsp3) is 0.400. The van der Waals surface area contributed by atoms with Crippen LogP contribution in [-0.4, -0.2) is 22.6 Å². The van der Waals surface area contributed by atoms with Crippen molar-refractivity contribution in [2.75, 3.05) is 6.54 Å². The van der Waals surface area contributed by atoms with E-state index in [0.29, 0.717) is 29.1 Å². The number of benzene rings is 1. The quantitative estimate of drug-likeness (QED) is 0.689. The predicted molar refractivity (Wildman–Crippen MR) is 79.3 cm³/mol. The molecule has 0 unspecified atom stereocenters. The molecule has 6 nitrogen and oxygen atoms in total. The number of rotatable bonds is 4. The van der Waals surface area contributed by atoms with Crippen molar-refractivity contribution in [1.29, 1.82) is 0 Å². The molecule has 1 heterocycles. The van der Waals surface area contributed by atoms with E-state index in [9.17, 15) is 10.1 Å². The zero-order valence-corrected chi connectivity index (χ0v) is 11.8. The molecule has 1 aliphatic carbocycles. The van der Waals surface area contributed by atoms with Crippen LogP contribution in [-0.2, 0) is 0 Å². The molecule has 0 radical (unpaired) electrons. The van der Waals surface area contributed by atoms with E-state index in [0.717, 1.165) is 18.5 Å². The van der Waals surface area contributed by atoms with Gasteiger partial charge in [-0.1, -0.05) is 0 Å². The Morgan fingerprint density at radius 2 is 2.19 bits per heavy atom. The summed E-state index contributed by atoms with van der Waals surface area (Å²) in [7, 11) is 0. The number of aromatic nitrogens is 1. The SMILES string of the molecule is Cc1cc(OC2CC(CN)C2)c2cc([N+](=O)[O-])ccc2n1. The molecule has 1 saturated carbocycles. The molecular weight excluding hydrogens is 270 g/mol. The number of ether oxygens (including phenoxy) is 1. The summed E-state index contributed by atoms with van der Waals surface area (Å²) in [6.45, 7) is 2.57. The van der Waals surface area contributed by atoms with Crippen LogP contribution in [0.2, 0.25) is 0 Å². The van der Waals surface area contributed by atoms with Crippen LogP contribution < -0.4 is 10.5 Å². The van der Waals surface area contributed by atoms with Crippen LogP contribution in [0, 0.1) is 23.0 Å². The Morgan fingerprint density at radius 1 is 1.43 bits per heavy atom. The Balaban J connectivity index is 1.95. The van der Waals surface area contributed by atoms with Crippen LogP contribution in [0.1, 0.15) is 18.5 Å². The lowest BCUT2D eigenvalue weighted by Gasteiger charge is -2.34. The molecule has 6 heteroatoms. The Morgan fingerprint density at radius 3 is 2.86 bits per heavy atom. The van der Waals surface area contributed by atoms with Crippen molar-refractivity contribution in [1.82, 2.24) is 4.98 Å². The Kier molecular flexibility index (Phi) is 3.47. The van der Waals surface area contributed by atoms with Crippen LogP contribution in [0.5, 0.6) is 5.75 Å². The van der Waals surface area contributed by atoms with Gasteiger partial charge in [0.15, 0.2) is 0 Å². The number of nitro benzene ring substituents is 1. The molecule has 21 heavy (non-hydrogen) atoms. The molecule has 0 aliphatic heterocycles. The van der Waals surface area contributed by atoms with Gasteiger partial charge in [-0.3, -0.25) is 15.1 Å². The largest absolute Gasteiger partial charge is 0.490 e. The summed E-state index contributed by atoms with van der Waals surface area (Å²) in [6.07, 6.45) is 2.02. The molecule has 2 N–H and O–H groups in total. The van der Waals surface area contributed by atoms with Gasteiger partial charge in [0.25, 0.3) is 5.69 Å². The zero-order valence-electron chi connectivity index (χ0n) is 11.8. The molecule has 2 aromatic rings. The maximum Gasteiger partial charge on any atom is 0.270 e. The minimum atomic E-state index is -0.406. The number of nitrogens with zero attached hydrogens (tertiary/aromatic N) is 2. The van der Waals surface area contributed by atoms with E-state index in [2.05, 4.69) is 4.98 Å². The number of pyridine rings is 1. The van der Waals surface area contributed by atoms with E-state index in [4.69, 9.17) is 10.5 Å².